The Morgan fingerprint density at radius 1 is 1.07 bits per heavy atom. The molecule has 0 spiro atoms. The largest absolute Gasteiger partial charge is 0.322 e. The molecular formula is C22H20BrFN2O3S. The van der Waals surface area contributed by atoms with Gasteiger partial charge in [-0.05, 0) is 61.0 Å². The van der Waals surface area contributed by atoms with Crippen molar-refractivity contribution < 1.29 is 17.6 Å². The van der Waals surface area contributed by atoms with Gasteiger partial charge in [0.25, 0.3) is 5.91 Å². The van der Waals surface area contributed by atoms with Crippen LogP contribution in [0.25, 0.3) is 0 Å². The van der Waals surface area contributed by atoms with E-state index < -0.39 is 15.8 Å². The highest BCUT2D eigenvalue weighted by molar-refractivity contribution is 9.10. The van der Waals surface area contributed by atoms with Gasteiger partial charge in [-0.2, -0.15) is 0 Å². The van der Waals surface area contributed by atoms with Crippen molar-refractivity contribution in [1.82, 2.24) is 0 Å². The summed E-state index contributed by atoms with van der Waals surface area (Å²) in [6.45, 7) is 1.78. The summed E-state index contributed by atoms with van der Waals surface area (Å²) in [5.74, 6) is -0.796. The van der Waals surface area contributed by atoms with Gasteiger partial charge in [0.05, 0.1) is 18.5 Å². The summed E-state index contributed by atoms with van der Waals surface area (Å²) in [7, 11) is -3.66. The second kappa shape index (κ2) is 8.97. The number of anilines is 2. The number of nitrogens with one attached hydrogen (secondary N) is 1. The molecule has 0 saturated carbocycles. The van der Waals surface area contributed by atoms with Crippen LogP contribution in [0, 0.1) is 12.7 Å². The van der Waals surface area contributed by atoms with Crippen molar-refractivity contribution in [2.75, 3.05) is 15.9 Å². The van der Waals surface area contributed by atoms with Crippen molar-refractivity contribution in [1.29, 1.82) is 0 Å². The van der Waals surface area contributed by atoms with Gasteiger partial charge in [-0.15, -0.1) is 0 Å². The molecule has 0 aliphatic carbocycles. The molecular weight excluding hydrogens is 471 g/mol. The van der Waals surface area contributed by atoms with Gasteiger partial charge in [0.1, 0.15) is 5.82 Å². The van der Waals surface area contributed by atoms with Gasteiger partial charge in [0.15, 0.2) is 0 Å². The Bertz CT molecular complexity index is 1180. The second-order valence-corrected chi connectivity index (χ2v) is 9.59. The Hall–Kier alpha value is -2.71. The van der Waals surface area contributed by atoms with Gasteiger partial charge in [-0.1, -0.05) is 34.1 Å². The van der Waals surface area contributed by atoms with E-state index in [1.807, 2.05) is 19.1 Å². The van der Waals surface area contributed by atoms with Gasteiger partial charge in [-0.25, -0.2) is 12.8 Å². The van der Waals surface area contributed by atoms with Crippen LogP contribution in [-0.4, -0.2) is 20.6 Å². The fraction of sp³-hybridized carbons (Fsp3) is 0.136. The van der Waals surface area contributed by atoms with E-state index in [1.54, 1.807) is 18.2 Å². The van der Waals surface area contributed by atoms with E-state index in [4.69, 9.17) is 0 Å². The zero-order chi connectivity index (χ0) is 21.9. The molecule has 5 nitrogen and oxygen atoms in total. The molecule has 0 unspecified atom stereocenters. The average Bonchev–Trinajstić information content (AvgIpc) is 2.69. The van der Waals surface area contributed by atoms with Crippen LogP contribution in [0.15, 0.2) is 71.2 Å². The molecule has 3 aromatic rings. The zero-order valence-electron chi connectivity index (χ0n) is 16.4. The third-order valence-corrected chi connectivity index (χ3v) is 6.54. The van der Waals surface area contributed by atoms with Crippen LogP contribution in [0.4, 0.5) is 15.8 Å². The lowest BCUT2D eigenvalue weighted by molar-refractivity contribution is 0.102. The number of sulfonamides is 1. The number of carbonyl (C=O) groups excluding carboxylic acids is 1. The monoisotopic (exact) mass is 490 g/mol. The Morgan fingerprint density at radius 3 is 2.33 bits per heavy atom. The van der Waals surface area contributed by atoms with Crippen LogP contribution in [-0.2, 0) is 16.6 Å². The Balaban J connectivity index is 1.81. The SMILES string of the molecule is Cc1cc(NC(=O)c2ccc(N(Cc3ccccc3F)S(C)(=O)=O)cc2)ccc1Br. The third kappa shape index (κ3) is 5.25. The fourth-order valence-corrected chi connectivity index (χ4v) is 4.01. The van der Waals surface area contributed by atoms with Crippen molar-refractivity contribution in [3.8, 4) is 0 Å². The van der Waals surface area contributed by atoms with Crippen molar-refractivity contribution in [3.63, 3.8) is 0 Å². The fourth-order valence-electron chi connectivity index (χ4n) is 2.89. The van der Waals surface area contributed by atoms with Crippen LogP contribution in [0.3, 0.4) is 0 Å². The van der Waals surface area contributed by atoms with E-state index in [9.17, 15) is 17.6 Å². The molecule has 30 heavy (non-hydrogen) atoms. The van der Waals surface area contributed by atoms with E-state index in [0.29, 0.717) is 16.9 Å². The molecule has 0 fully saturated rings. The van der Waals surface area contributed by atoms with Gasteiger partial charge < -0.3 is 5.32 Å². The summed E-state index contributed by atoms with van der Waals surface area (Å²) in [5, 5.41) is 2.81. The number of nitrogens with zero attached hydrogens (tertiary/aromatic N) is 1. The first-order valence-electron chi connectivity index (χ1n) is 9.04. The van der Waals surface area contributed by atoms with Crippen molar-refractivity contribution in [2.45, 2.75) is 13.5 Å². The predicted molar refractivity (Wildman–Crippen MR) is 121 cm³/mol. The summed E-state index contributed by atoms with van der Waals surface area (Å²) in [6.07, 6.45) is 1.06. The second-order valence-electron chi connectivity index (χ2n) is 6.83. The van der Waals surface area contributed by atoms with Crippen LogP contribution < -0.4 is 9.62 Å². The number of carbonyl (C=O) groups is 1. The predicted octanol–water partition coefficient (Wildman–Crippen LogP) is 5.12. The molecule has 0 atom stereocenters. The van der Waals surface area contributed by atoms with Gasteiger partial charge >= 0.3 is 0 Å². The lowest BCUT2D eigenvalue weighted by atomic mass is 10.1. The summed E-state index contributed by atoms with van der Waals surface area (Å²) in [5.41, 5.74) is 2.62. The summed E-state index contributed by atoms with van der Waals surface area (Å²) >= 11 is 3.42. The molecule has 0 aliphatic rings. The molecule has 3 aromatic carbocycles. The standard InChI is InChI=1S/C22H20BrFN2O3S/c1-15-13-18(9-12-20(15)23)25-22(27)16-7-10-19(11-8-16)26(30(2,28)29)14-17-5-3-4-6-21(17)24/h3-13H,14H2,1-2H3,(H,25,27). The third-order valence-electron chi connectivity index (χ3n) is 4.51. The van der Waals surface area contributed by atoms with E-state index in [-0.39, 0.29) is 18.0 Å². The van der Waals surface area contributed by atoms with Gasteiger partial charge in [0.2, 0.25) is 10.0 Å². The minimum atomic E-state index is -3.66. The number of halogens is 2. The molecule has 1 amide bonds. The number of benzene rings is 3. The van der Waals surface area contributed by atoms with Crippen molar-refractivity contribution in [3.05, 3.63) is 93.7 Å². The van der Waals surface area contributed by atoms with Crippen molar-refractivity contribution >= 4 is 43.2 Å². The average molecular weight is 491 g/mol. The quantitative estimate of drug-likeness (QED) is 0.521. The molecule has 0 heterocycles. The van der Waals surface area contributed by atoms with Crippen LogP contribution in [0.2, 0.25) is 0 Å². The topological polar surface area (TPSA) is 66.5 Å². The lowest BCUT2D eigenvalue weighted by Gasteiger charge is -2.23. The van der Waals surface area contributed by atoms with Crippen LogP contribution in [0.5, 0.6) is 0 Å². The van der Waals surface area contributed by atoms with E-state index >= 15 is 0 Å². The zero-order valence-corrected chi connectivity index (χ0v) is 18.8. The molecule has 3 rings (SSSR count). The number of aryl methyl sites for hydroxylation is 1. The molecule has 0 saturated heterocycles. The Morgan fingerprint density at radius 2 is 1.73 bits per heavy atom. The molecule has 8 heteroatoms. The first-order chi connectivity index (χ1) is 14.1. The number of rotatable bonds is 6. The minimum absolute atomic E-state index is 0.144. The maximum Gasteiger partial charge on any atom is 0.255 e. The maximum atomic E-state index is 14.0. The smallest absolute Gasteiger partial charge is 0.255 e. The Kier molecular flexibility index (Phi) is 6.58. The first-order valence-corrected chi connectivity index (χ1v) is 11.7. The van der Waals surface area contributed by atoms with Crippen LogP contribution in [0.1, 0.15) is 21.5 Å². The molecule has 0 aliphatic heterocycles. The maximum absolute atomic E-state index is 14.0. The highest BCUT2D eigenvalue weighted by Gasteiger charge is 2.20. The Labute approximate surface area is 183 Å². The van der Waals surface area contributed by atoms with Crippen molar-refractivity contribution in [2.24, 2.45) is 0 Å². The van der Waals surface area contributed by atoms with E-state index in [2.05, 4.69) is 21.2 Å². The molecule has 0 aromatic heterocycles. The number of hydrogen-bond acceptors (Lipinski definition) is 3. The van der Waals surface area contributed by atoms with Gasteiger partial charge in [-0.3, -0.25) is 9.10 Å². The summed E-state index contributed by atoms with van der Waals surface area (Å²) in [6, 6.07) is 17.6. The summed E-state index contributed by atoms with van der Waals surface area (Å²) < 4.78 is 40.6. The molecule has 0 bridgehead atoms. The molecule has 1 N–H and O–H groups in total. The minimum Gasteiger partial charge on any atom is -0.322 e. The normalized spacial score (nSPS) is 11.2. The highest BCUT2D eigenvalue weighted by atomic mass is 79.9. The van der Waals surface area contributed by atoms with E-state index in [1.165, 1.54) is 36.4 Å². The summed E-state index contributed by atoms with van der Waals surface area (Å²) in [4.78, 5) is 12.5. The van der Waals surface area contributed by atoms with E-state index in [0.717, 1.165) is 20.6 Å². The molecule has 0 radical (unpaired) electrons. The lowest BCUT2D eigenvalue weighted by Crippen LogP contribution is -2.29. The first kappa shape index (κ1) is 22.0. The number of hydrogen-bond donors (Lipinski definition) is 1. The molecule has 156 valence electrons. The highest BCUT2D eigenvalue weighted by Crippen LogP contribution is 2.24. The van der Waals surface area contributed by atoms with Gasteiger partial charge in [0, 0.05) is 21.3 Å². The van der Waals surface area contributed by atoms with Crippen LogP contribution >= 0.6 is 15.9 Å². The number of amides is 1.